The van der Waals surface area contributed by atoms with E-state index in [9.17, 15) is 14.4 Å². The van der Waals surface area contributed by atoms with E-state index in [0.717, 1.165) is 11.1 Å². The normalized spacial score (nSPS) is 30.6. The lowest BCUT2D eigenvalue weighted by molar-refractivity contribution is -0.202. The topological polar surface area (TPSA) is 76.1 Å². The molecule has 0 radical (unpaired) electrons. The zero-order chi connectivity index (χ0) is 23.1. The summed E-state index contributed by atoms with van der Waals surface area (Å²) in [6.07, 6.45) is 0. The van der Waals surface area contributed by atoms with Crippen molar-refractivity contribution in [2.75, 3.05) is 41.4 Å². The van der Waals surface area contributed by atoms with Gasteiger partial charge in [0.2, 0.25) is 0 Å². The first-order valence-corrected chi connectivity index (χ1v) is 10.6. The highest BCUT2D eigenvalue weighted by atomic mass is 16.5. The second kappa shape index (κ2) is 8.15. The Morgan fingerprint density at radius 2 is 1.16 bits per heavy atom. The number of esters is 2. The van der Waals surface area contributed by atoms with Crippen LogP contribution in [0.25, 0.3) is 0 Å². The Hall–Kier alpha value is -3.03. The van der Waals surface area contributed by atoms with E-state index in [1.54, 1.807) is 0 Å². The molecule has 168 valence electrons. The van der Waals surface area contributed by atoms with E-state index in [4.69, 9.17) is 9.47 Å². The molecule has 2 aromatic carbocycles. The highest BCUT2D eigenvalue weighted by Crippen LogP contribution is 2.60. The maximum absolute atomic E-state index is 14.5. The SMILES string of the molecule is COC(=O)C12CN(C)CC(C(=O)OC)(C1=O)C(c1ccccc1)N(C)C2c1ccccc1. The maximum atomic E-state index is 14.5. The van der Waals surface area contributed by atoms with Crippen molar-refractivity contribution in [3.63, 3.8) is 0 Å². The molecule has 0 amide bonds. The van der Waals surface area contributed by atoms with Crippen LogP contribution in [0.2, 0.25) is 0 Å². The van der Waals surface area contributed by atoms with E-state index < -0.39 is 40.6 Å². The molecule has 0 aliphatic carbocycles. The first-order valence-electron chi connectivity index (χ1n) is 10.6. The van der Waals surface area contributed by atoms with Crippen LogP contribution < -0.4 is 0 Å². The molecule has 0 saturated carbocycles. The van der Waals surface area contributed by atoms with Crippen LogP contribution in [0.4, 0.5) is 0 Å². The van der Waals surface area contributed by atoms with Crippen molar-refractivity contribution in [2.24, 2.45) is 10.8 Å². The first-order chi connectivity index (χ1) is 15.3. The number of likely N-dealkylation sites (tertiary alicyclic amines) is 2. The molecule has 2 heterocycles. The second-order valence-corrected chi connectivity index (χ2v) is 8.72. The summed E-state index contributed by atoms with van der Waals surface area (Å²) >= 11 is 0. The predicted molar refractivity (Wildman–Crippen MR) is 118 cm³/mol. The van der Waals surface area contributed by atoms with E-state index in [1.807, 2.05) is 84.6 Å². The number of carbonyl (C=O) groups is 3. The number of hydrogen-bond donors (Lipinski definition) is 0. The number of carbonyl (C=O) groups excluding carboxylic acids is 3. The van der Waals surface area contributed by atoms with E-state index >= 15 is 0 Å². The van der Waals surface area contributed by atoms with E-state index in [2.05, 4.69) is 0 Å². The maximum Gasteiger partial charge on any atom is 0.322 e. The van der Waals surface area contributed by atoms with Crippen molar-refractivity contribution < 1.29 is 23.9 Å². The highest BCUT2D eigenvalue weighted by molar-refractivity contribution is 6.17. The molecule has 2 aromatic rings. The van der Waals surface area contributed by atoms with Gasteiger partial charge in [0.1, 0.15) is 0 Å². The van der Waals surface area contributed by atoms with E-state index in [0.29, 0.717) is 0 Å². The van der Waals surface area contributed by atoms with Gasteiger partial charge >= 0.3 is 11.9 Å². The minimum absolute atomic E-state index is 0.142. The average Bonchev–Trinajstić information content (AvgIpc) is 2.81. The van der Waals surface area contributed by atoms with Gasteiger partial charge in [-0.15, -0.1) is 0 Å². The second-order valence-electron chi connectivity index (χ2n) is 8.72. The van der Waals surface area contributed by atoms with Crippen LogP contribution in [0.1, 0.15) is 23.2 Å². The average molecular weight is 437 g/mol. The smallest absolute Gasteiger partial charge is 0.322 e. The number of methoxy groups -OCH3 is 2. The number of Topliss-reactive ketones (excluding diaryl/α,β-unsaturated/α-hetero) is 1. The highest BCUT2D eigenvalue weighted by Gasteiger charge is 2.74. The summed E-state index contributed by atoms with van der Waals surface area (Å²) in [5.41, 5.74) is -1.55. The van der Waals surface area contributed by atoms with Gasteiger partial charge in [-0.05, 0) is 25.2 Å². The molecule has 7 heteroatoms. The van der Waals surface area contributed by atoms with Crippen LogP contribution in [-0.4, -0.2) is 68.9 Å². The van der Waals surface area contributed by atoms with Gasteiger partial charge in [0.25, 0.3) is 0 Å². The van der Waals surface area contributed by atoms with Gasteiger partial charge < -0.3 is 14.4 Å². The van der Waals surface area contributed by atoms with Gasteiger partial charge in [-0.3, -0.25) is 19.3 Å². The number of ketones is 1. The number of fused-ring (bicyclic) bond motifs is 2. The van der Waals surface area contributed by atoms with Crippen LogP contribution in [0, 0.1) is 10.8 Å². The monoisotopic (exact) mass is 436 g/mol. The molecule has 32 heavy (non-hydrogen) atoms. The lowest BCUT2D eigenvalue weighted by atomic mass is 9.54. The van der Waals surface area contributed by atoms with Crippen LogP contribution in [0.3, 0.4) is 0 Å². The Labute approximate surface area is 187 Å². The standard InChI is InChI=1S/C25H28N2O5/c1-26-15-24(22(29)31-3)19(17-11-7-5-8-12-17)27(2)20(18-13-9-6-10-14-18)25(16-26,21(24)28)23(30)32-4/h5-14,19-20H,15-16H2,1-4H3. The molecule has 2 bridgehead atoms. The van der Waals surface area contributed by atoms with Crippen LogP contribution >= 0.6 is 0 Å². The molecule has 0 N–H and O–H groups in total. The van der Waals surface area contributed by atoms with Gasteiger partial charge in [0.05, 0.1) is 26.3 Å². The molecule has 4 unspecified atom stereocenters. The number of hydrogen-bond acceptors (Lipinski definition) is 7. The minimum Gasteiger partial charge on any atom is -0.468 e. The molecule has 2 aliphatic heterocycles. The Kier molecular flexibility index (Phi) is 5.65. The fourth-order valence-electron chi connectivity index (χ4n) is 5.93. The quantitative estimate of drug-likeness (QED) is 0.537. The van der Waals surface area contributed by atoms with Gasteiger partial charge in [-0.1, -0.05) is 60.7 Å². The Morgan fingerprint density at radius 1 is 0.781 bits per heavy atom. The van der Waals surface area contributed by atoms with Crippen LogP contribution in [0.15, 0.2) is 60.7 Å². The van der Waals surface area contributed by atoms with Crippen molar-refractivity contribution >= 4 is 17.7 Å². The Morgan fingerprint density at radius 3 is 1.50 bits per heavy atom. The molecule has 4 rings (SSSR count). The summed E-state index contributed by atoms with van der Waals surface area (Å²) in [6.45, 7) is 0.283. The third-order valence-corrected chi connectivity index (χ3v) is 6.93. The fourth-order valence-corrected chi connectivity index (χ4v) is 5.93. The third-order valence-electron chi connectivity index (χ3n) is 6.93. The van der Waals surface area contributed by atoms with Crippen molar-refractivity contribution in [1.29, 1.82) is 0 Å². The van der Waals surface area contributed by atoms with Crippen molar-refractivity contribution in [3.05, 3.63) is 71.8 Å². The molecule has 2 fully saturated rings. The molecule has 0 aromatic heterocycles. The summed E-state index contributed by atoms with van der Waals surface area (Å²) in [4.78, 5) is 45.2. The molecule has 2 saturated heterocycles. The summed E-state index contributed by atoms with van der Waals surface area (Å²) in [7, 11) is 6.24. The lowest BCUT2D eigenvalue weighted by Crippen LogP contribution is -2.75. The number of rotatable bonds is 4. The van der Waals surface area contributed by atoms with Gasteiger partial charge in [-0.2, -0.15) is 0 Å². The number of piperidine rings is 2. The minimum atomic E-state index is -1.59. The fraction of sp³-hybridized carbons (Fsp3) is 0.400. The third kappa shape index (κ3) is 2.92. The summed E-state index contributed by atoms with van der Waals surface area (Å²) in [5.74, 6) is -1.73. The van der Waals surface area contributed by atoms with Gasteiger partial charge in [0.15, 0.2) is 16.6 Å². The molecular weight excluding hydrogens is 408 g/mol. The van der Waals surface area contributed by atoms with E-state index in [-0.39, 0.29) is 13.1 Å². The van der Waals surface area contributed by atoms with Crippen molar-refractivity contribution in [1.82, 2.24) is 9.80 Å². The summed E-state index contributed by atoms with van der Waals surface area (Å²) in [5, 5.41) is 0. The number of ether oxygens (including phenoxy) is 2. The number of benzene rings is 2. The molecule has 0 spiro atoms. The molecule has 7 nitrogen and oxygen atoms in total. The molecular formula is C25H28N2O5. The number of nitrogens with zero attached hydrogens (tertiary/aromatic N) is 2. The summed E-state index contributed by atoms with van der Waals surface area (Å²) < 4.78 is 10.4. The van der Waals surface area contributed by atoms with Crippen LogP contribution in [-0.2, 0) is 23.9 Å². The zero-order valence-corrected chi connectivity index (χ0v) is 18.8. The summed E-state index contributed by atoms with van der Waals surface area (Å²) in [6, 6.07) is 17.7. The lowest BCUT2D eigenvalue weighted by Gasteiger charge is -2.60. The zero-order valence-electron chi connectivity index (χ0n) is 18.8. The van der Waals surface area contributed by atoms with Crippen molar-refractivity contribution in [2.45, 2.75) is 12.1 Å². The van der Waals surface area contributed by atoms with Crippen LogP contribution in [0.5, 0.6) is 0 Å². The van der Waals surface area contributed by atoms with E-state index in [1.165, 1.54) is 14.2 Å². The largest absolute Gasteiger partial charge is 0.468 e. The molecule has 2 aliphatic rings. The predicted octanol–water partition coefficient (Wildman–Crippen LogP) is 2.25. The Balaban J connectivity index is 2.07. The van der Waals surface area contributed by atoms with Gasteiger partial charge in [0, 0.05) is 13.1 Å². The van der Waals surface area contributed by atoms with Crippen molar-refractivity contribution in [3.8, 4) is 0 Å². The Bertz CT molecular complexity index is 948. The molecule has 4 atom stereocenters. The first kappa shape index (κ1) is 22.2. The van der Waals surface area contributed by atoms with Gasteiger partial charge in [-0.25, -0.2) is 0 Å².